The predicted octanol–water partition coefficient (Wildman–Crippen LogP) is 3.47. The highest BCUT2D eigenvalue weighted by molar-refractivity contribution is 5.47. The van der Waals surface area contributed by atoms with Gasteiger partial charge < -0.3 is 24.3 Å². The third-order valence-electron chi connectivity index (χ3n) is 4.52. The van der Waals surface area contributed by atoms with Crippen LogP contribution in [0.5, 0.6) is 23.0 Å². The fourth-order valence-corrected chi connectivity index (χ4v) is 3.10. The van der Waals surface area contributed by atoms with E-state index in [2.05, 4.69) is 30.4 Å². The summed E-state index contributed by atoms with van der Waals surface area (Å²) in [4.78, 5) is 0. The van der Waals surface area contributed by atoms with Gasteiger partial charge in [-0.2, -0.15) is 0 Å². The minimum absolute atomic E-state index is 0.179. The Labute approximate surface area is 147 Å². The maximum absolute atomic E-state index is 5.89. The first-order valence-corrected chi connectivity index (χ1v) is 8.82. The van der Waals surface area contributed by atoms with E-state index in [0.717, 1.165) is 35.0 Å². The molecule has 0 saturated carbocycles. The monoisotopic (exact) mass is 341 g/mol. The van der Waals surface area contributed by atoms with Gasteiger partial charge in [0.15, 0.2) is 23.0 Å². The van der Waals surface area contributed by atoms with Crippen molar-refractivity contribution < 1.29 is 18.9 Å². The van der Waals surface area contributed by atoms with E-state index in [0.29, 0.717) is 33.0 Å². The number of fused-ring (bicyclic) bond motifs is 2. The molecule has 0 amide bonds. The van der Waals surface area contributed by atoms with Crippen LogP contribution in [0.25, 0.3) is 0 Å². The second kappa shape index (κ2) is 7.23. The molecule has 2 aliphatic heterocycles. The second-order valence-corrected chi connectivity index (χ2v) is 6.30. The van der Waals surface area contributed by atoms with Crippen LogP contribution in [-0.4, -0.2) is 26.4 Å². The van der Waals surface area contributed by atoms with Crippen LogP contribution in [0.15, 0.2) is 36.4 Å². The molecule has 0 aromatic heterocycles. The molecule has 2 heterocycles. The molecule has 0 saturated heterocycles. The lowest BCUT2D eigenvalue weighted by atomic mass is 10.1. The summed E-state index contributed by atoms with van der Waals surface area (Å²) in [6, 6.07) is 12.4. The van der Waals surface area contributed by atoms with E-state index in [4.69, 9.17) is 18.9 Å². The highest BCUT2D eigenvalue weighted by Crippen LogP contribution is 2.35. The van der Waals surface area contributed by atoms with E-state index >= 15 is 0 Å². The van der Waals surface area contributed by atoms with Crippen molar-refractivity contribution in [2.45, 2.75) is 25.9 Å². The van der Waals surface area contributed by atoms with Gasteiger partial charge in [0.1, 0.15) is 13.2 Å². The largest absolute Gasteiger partial charge is 0.490 e. The first-order chi connectivity index (χ1) is 12.3. The Kier molecular flexibility index (Phi) is 4.65. The van der Waals surface area contributed by atoms with Crippen LogP contribution in [0.3, 0.4) is 0 Å². The van der Waals surface area contributed by atoms with Crippen LogP contribution in [0.4, 0.5) is 0 Å². The molecule has 0 spiro atoms. The van der Waals surface area contributed by atoms with Crippen molar-refractivity contribution in [2.24, 2.45) is 0 Å². The Morgan fingerprint density at radius 2 is 1.68 bits per heavy atom. The lowest BCUT2D eigenvalue weighted by Gasteiger charge is -2.21. The standard InChI is InChI=1S/C20H23NO4/c1-14(15-6-7-17-19(12-15)24-11-10-23-17)21-13-16-4-2-5-18-20(16)25-9-3-8-22-18/h2,4-7,12,14,21H,3,8-11,13H2,1H3/t14-/m1/s1. The smallest absolute Gasteiger partial charge is 0.165 e. The van der Waals surface area contributed by atoms with Gasteiger partial charge in [-0.25, -0.2) is 0 Å². The minimum Gasteiger partial charge on any atom is -0.490 e. The average Bonchev–Trinajstić information content (AvgIpc) is 2.91. The molecule has 5 heteroatoms. The number of para-hydroxylation sites is 1. The highest BCUT2D eigenvalue weighted by atomic mass is 16.6. The summed E-state index contributed by atoms with van der Waals surface area (Å²) in [5.74, 6) is 3.34. The number of rotatable bonds is 4. The van der Waals surface area contributed by atoms with Crippen molar-refractivity contribution in [1.29, 1.82) is 0 Å². The quantitative estimate of drug-likeness (QED) is 0.923. The topological polar surface area (TPSA) is 49.0 Å². The number of nitrogens with one attached hydrogen (secondary N) is 1. The summed E-state index contributed by atoms with van der Waals surface area (Å²) in [6.45, 7) is 5.47. The van der Waals surface area contributed by atoms with Gasteiger partial charge >= 0.3 is 0 Å². The van der Waals surface area contributed by atoms with Crippen LogP contribution in [0.2, 0.25) is 0 Å². The Balaban J connectivity index is 1.46. The van der Waals surface area contributed by atoms with Gasteiger partial charge in [-0.05, 0) is 30.7 Å². The van der Waals surface area contributed by atoms with Crippen LogP contribution in [-0.2, 0) is 6.54 Å². The van der Waals surface area contributed by atoms with E-state index in [1.807, 2.05) is 18.2 Å². The summed E-state index contributed by atoms with van der Waals surface area (Å²) in [6.07, 6.45) is 0.912. The summed E-state index contributed by atoms with van der Waals surface area (Å²) >= 11 is 0. The Bertz CT molecular complexity index is 746. The molecule has 0 unspecified atom stereocenters. The maximum Gasteiger partial charge on any atom is 0.165 e. The molecule has 0 bridgehead atoms. The van der Waals surface area contributed by atoms with Crippen LogP contribution >= 0.6 is 0 Å². The number of hydrogen-bond acceptors (Lipinski definition) is 5. The molecule has 25 heavy (non-hydrogen) atoms. The van der Waals surface area contributed by atoms with Gasteiger partial charge in [0.05, 0.1) is 13.2 Å². The zero-order chi connectivity index (χ0) is 17.1. The van der Waals surface area contributed by atoms with Crippen molar-refractivity contribution in [3.8, 4) is 23.0 Å². The Morgan fingerprint density at radius 3 is 2.60 bits per heavy atom. The number of ether oxygens (including phenoxy) is 4. The number of hydrogen-bond donors (Lipinski definition) is 1. The van der Waals surface area contributed by atoms with E-state index in [-0.39, 0.29) is 6.04 Å². The Hall–Kier alpha value is -2.40. The van der Waals surface area contributed by atoms with Gasteiger partial charge in [-0.3, -0.25) is 0 Å². The molecule has 2 aliphatic rings. The van der Waals surface area contributed by atoms with Crippen LogP contribution in [0.1, 0.15) is 30.5 Å². The number of benzene rings is 2. The minimum atomic E-state index is 0.179. The lowest BCUT2D eigenvalue weighted by Crippen LogP contribution is -2.20. The lowest BCUT2D eigenvalue weighted by molar-refractivity contribution is 0.171. The van der Waals surface area contributed by atoms with E-state index < -0.39 is 0 Å². The summed E-state index contributed by atoms with van der Waals surface area (Å²) < 4.78 is 22.9. The maximum atomic E-state index is 5.89. The zero-order valence-electron chi connectivity index (χ0n) is 14.4. The predicted molar refractivity (Wildman–Crippen MR) is 94.7 cm³/mol. The third kappa shape index (κ3) is 3.51. The molecule has 0 aliphatic carbocycles. The normalized spacial score (nSPS) is 16.8. The van der Waals surface area contributed by atoms with Gasteiger partial charge in [0, 0.05) is 24.6 Å². The molecule has 5 nitrogen and oxygen atoms in total. The summed E-state index contributed by atoms with van der Waals surface area (Å²) in [5.41, 5.74) is 2.28. The van der Waals surface area contributed by atoms with Crippen molar-refractivity contribution in [1.82, 2.24) is 5.32 Å². The van der Waals surface area contributed by atoms with Gasteiger partial charge in [-0.1, -0.05) is 18.2 Å². The molecule has 2 aromatic rings. The van der Waals surface area contributed by atoms with E-state index in [9.17, 15) is 0 Å². The molecule has 1 N–H and O–H groups in total. The zero-order valence-corrected chi connectivity index (χ0v) is 14.4. The molecular formula is C20H23NO4. The van der Waals surface area contributed by atoms with Crippen LogP contribution < -0.4 is 24.3 Å². The highest BCUT2D eigenvalue weighted by Gasteiger charge is 2.17. The van der Waals surface area contributed by atoms with E-state index in [1.54, 1.807) is 0 Å². The molecule has 0 fully saturated rings. The van der Waals surface area contributed by atoms with E-state index in [1.165, 1.54) is 5.56 Å². The average molecular weight is 341 g/mol. The molecule has 1 atom stereocenters. The van der Waals surface area contributed by atoms with Crippen molar-refractivity contribution >= 4 is 0 Å². The molecule has 132 valence electrons. The fraction of sp³-hybridized carbons (Fsp3) is 0.400. The second-order valence-electron chi connectivity index (χ2n) is 6.30. The molecule has 4 rings (SSSR count). The summed E-state index contributed by atoms with van der Waals surface area (Å²) in [7, 11) is 0. The van der Waals surface area contributed by atoms with Gasteiger partial charge in [0.25, 0.3) is 0 Å². The fourth-order valence-electron chi connectivity index (χ4n) is 3.10. The first-order valence-electron chi connectivity index (χ1n) is 8.82. The molecule has 2 aromatic carbocycles. The van der Waals surface area contributed by atoms with Crippen molar-refractivity contribution in [2.75, 3.05) is 26.4 Å². The molecular weight excluding hydrogens is 318 g/mol. The van der Waals surface area contributed by atoms with Crippen molar-refractivity contribution in [3.63, 3.8) is 0 Å². The molecule has 0 radical (unpaired) electrons. The van der Waals surface area contributed by atoms with Crippen LogP contribution in [0, 0.1) is 0 Å². The van der Waals surface area contributed by atoms with Crippen molar-refractivity contribution in [3.05, 3.63) is 47.5 Å². The van der Waals surface area contributed by atoms with Gasteiger partial charge in [0.2, 0.25) is 0 Å². The van der Waals surface area contributed by atoms with Gasteiger partial charge in [-0.15, -0.1) is 0 Å². The summed E-state index contributed by atoms with van der Waals surface area (Å²) in [5, 5.41) is 3.56. The SMILES string of the molecule is C[C@@H](NCc1cccc2c1OCCCO2)c1ccc2c(c1)OCCO2. The first kappa shape index (κ1) is 16.1. The third-order valence-corrected chi connectivity index (χ3v) is 4.52. The Morgan fingerprint density at radius 1 is 0.880 bits per heavy atom.